The summed E-state index contributed by atoms with van der Waals surface area (Å²) in [6.45, 7) is 0.785. The Kier molecular flexibility index (Phi) is 5.24. The van der Waals surface area contributed by atoms with Crippen LogP contribution in [-0.4, -0.2) is 29.3 Å². The van der Waals surface area contributed by atoms with Crippen LogP contribution in [0.25, 0.3) is 0 Å². The molecule has 2 heterocycles. The van der Waals surface area contributed by atoms with Gasteiger partial charge in [-0.15, -0.1) is 0 Å². The molecular formula is C23H22N2O3. The first-order valence-electron chi connectivity index (χ1n) is 9.50. The molecule has 5 heteroatoms. The molecule has 2 amide bonds. The molecule has 0 bridgehead atoms. The SMILES string of the molecule is O=C(Nc1ccc(C(=O)N2CCC[C@H]2Cc2ccccc2)cc1)c1ccco1. The highest BCUT2D eigenvalue weighted by Crippen LogP contribution is 2.24. The summed E-state index contributed by atoms with van der Waals surface area (Å²) in [6, 6.07) is 20.8. The Morgan fingerprint density at radius 1 is 1.00 bits per heavy atom. The third-order valence-electron chi connectivity index (χ3n) is 5.09. The van der Waals surface area contributed by atoms with E-state index in [1.807, 2.05) is 23.1 Å². The van der Waals surface area contributed by atoms with Gasteiger partial charge in [-0.05, 0) is 61.2 Å². The molecule has 2 aromatic carbocycles. The second-order valence-corrected chi connectivity index (χ2v) is 6.99. The number of nitrogens with zero attached hydrogens (tertiary/aromatic N) is 1. The predicted molar refractivity (Wildman–Crippen MR) is 107 cm³/mol. The van der Waals surface area contributed by atoms with Gasteiger partial charge in [0, 0.05) is 23.8 Å². The van der Waals surface area contributed by atoms with Gasteiger partial charge in [-0.3, -0.25) is 9.59 Å². The van der Waals surface area contributed by atoms with Gasteiger partial charge in [-0.25, -0.2) is 0 Å². The van der Waals surface area contributed by atoms with Crippen LogP contribution < -0.4 is 5.32 Å². The quantitative estimate of drug-likeness (QED) is 0.721. The molecule has 4 rings (SSSR count). The van der Waals surface area contributed by atoms with Crippen LogP contribution in [0.2, 0.25) is 0 Å². The molecule has 1 aliphatic rings. The van der Waals surface area contributed by atoms with Gasteiger partial charge in [0.25, 0.3) is 11.8 Å². The molecule has 0 aliphatic carbocycles. The molecule has 5 nitrogen and oxygen atoms in total. The number of benzene rings is 2. The number of amides is 2. The zero-order valence-electron chi connectivity index (χ0n) is 15.5. The molecule has 0 radical (unpaired) electrons. The lowest BCUT2D eigenvalue weighted by Gasteiger charge is -2.25. The minimum Gasteiger partial charge on any atom is -0.459 e. The van der Waals surface area contributed by atoms with Crippen molar-refractivity contribution >= 4 is 17.5 Å². The van der Waals surface area contributed by atoms with E-state index in [0.717, 1.165) is 25.8 Å². The zero-order valence-corrected chi connectivity index (χ0v) is 15.5. The number of hydrogen-bond acceptors (Lipinski definition) is 3. The molecule has 0 saturated carbocycles. The third kappa shape index (κ3) is 3.98. The van der Waals surface area contributed by atoms with Crippen LogP contribution in [0.15, 0.2) is 77.4 Å². The van der Waals surface area contributed by atoms with Gasteiger partial charge >= 0.3 is 0 Å². The second-order valence-electron chi connectivity index (χ2n) is 6.99. The van der Waals surface area contributed by atoms with Gasteiger partial charge in [-0.2, -0.15) is 0 Å². The van der Waals surface area contributed by atoms with Gasteiger partial charge in [0.05, 0.1) is 6.26 Å². The maximum Gasteiger partial charge on any atom is 0.291 e. The molecular weight excluding hydrogens is 352 g/mol. The number of carbonyl (C=O) groups excluding carboxylic acids is 2. The summed E-state index contributed by atoms with van der Waals surface area (Å²) in [4.78, 5) is 27.0. The van der Waals surface area contributed by atoms with E-state index in [9.17, 15) is 9.59 Å². The topological polar surface area (TPSA) is 62.6 Å². The van der Waals surface area contributed by atoms with Crippen LogP contribution in [0.3, 0.4) is 0 Å². The number of nitrogens with one attached hydrogen (secondary N) is 1. The number of hydrogen-bond donors (Lipinski definition) is 1. The van der Waals surface area contributed by atoms with Crippen molar-refractivity contribution < 1.29 is 14.0 Å². The fourth-order valence-corrected chi connectivity index (χ4v) is 3.66. The lowest BCUT2D eigenvalue weighted by atomic mass is 10.0. The Hall–Kier alpha value is -3.34. The highest BCUT2D eigenvalue weighted by molar-refractivity contribution is 6.02. The molecule has 0 unspecified atom stereocenters. The molecule has 1 aromatic heterocycles. The van der Waals surface area contributed by atoms with Crippen molar-refractivity contribution in [1.29, 1.82) is 0 Å². The average molecular weight is 374 g/mol. The van der Waals surface area contributed by atoms with Crippen molar-refractivity contribution in [2.75, 3.05) is 11.9 Å². The largest absolute Gasteiger partial charge is 0.459 e. The molecule has 1 saturated heterocycles. The molecule has 1 fully saturated rings. The minimum atomic E-state index is -0.313. The van der Waals surface area contributed by atoms with Gasteiger partial charge in [-0.1, -0.05) is 30.3 Å². The van der Waals surface area contributed by atoms with E-state index < -0.39 is 0 Å². The van der Waals surface area contributed by atoms with E-state index in [0.29, 0.717) is 11.3 Å². The summed E-state index contributed by atoms with van der Waals surface area (Å²) in [7, 11) is 0. The van der Waals surface area contributed by atoms with Crippen molar-refractivity contribution in [2.45, 2.75) is 25.3 Å². The Labute approximate surface area is 164 Å². The summed E-state index contributed by atoms with van der Waals surface area (Å²) in [5, 5.41) is 2.76. The van der Waals surface area contributed by atoms with Gasteiger partial charge in [0.2, 0.25) is 0 Å². The maximum absolute atomic E-state index is 13.0. The molecule has 0 spiro atoms. The fourth-order valence-electron chi connectivity index (χ4n) is 3.66. The van der Waals surface area contributed by atoms with E-state index in [-0.39, 0.29) is 23.6 Å². The van der Waals surface area contributed by atoms with E-state index in [2.05, 4.69) is 17.4 Å². The monoisotopic (exact) mass is 374 g/mol. The predicted octanol–water partition coefficient (Wildman–Crippen LogP) is 4.38. The van der Waals surface area contributed by atoms with Crippen LogP contribution in [-0.2, 0) is 6.42 Å². The standard InChI is InChI=1S/C23H22N2O3/c26-22(21-9-5-15-28-21)24-19-12-10-18(11-13-19)23(27)25-14-4-8-20(25)16-17-6-2-1-3-7-17/h1-3,5-7,9-13,15,20H,4,8,14,16H2,(H,24,26)/t20-/m0/s1. The van der Waals surface area contributed by atoms with Crippen molar-refractivity contribution in [1.82, 2.24) is 4.90 Å². The van der Waals surface area contributed by atoms with Crippen molar-refractivity contribution in [3.05, 3.63) is 89.9 Å². The van der Waals surface area contributed by atoms with E-state index in [1.165, 1.54) is 11.8 Å². The Morgan fingerprint density at radius 2 is 1.79 bits per heavy atom. The molecule has 28 heavy (non-hydrogen) atoms. The van der Waals surface area contributed by atoms with Crippen molar-refractivity contribution in [2.24, 2.45) is 0 Å². The van der Waals surface area contributed by atoms with Crippen LogP contribution >= 0.6 is 0 Å². The van der Waals surface area contributed by atoms with E-state index in [4.69, 9.17) is 4.42 Å². The van der Waals surface area contributed by atoms with E-state index in [1.54, 1.807) is 36.4 Å². The van der Waals surface area contributed by atoms with Gasteiger partial charge in [0.1, 0.15) is 0 Å². The van der Waals surface area contributed by atoms with Crippen molar-refractivity contribution in [3.8, 4) is 0 Å². The highest BCUT2D eigenvalue weighted by atomic mass is 16.3. The second kappa shape index (κ2) is 8.13. The summed E-state index contributed by atoms with van der Waals surface area (Å²) >= 11 is 0. The molecule has 142 valence electrons. The first-order chi connectivity index (χ1) is 13.7. The van der Waals surface area contributed by atoms with Crippen LogP contribution in [0, 0.1) is 0 Å². The third-order valence-corrected chi connectivity index (χ3v) is 5.09. The van der Waals surface area contributed by atoms with Crippen LogP contribution in [0.5, 0.6) is 0 Å². The number of anilines is 1. The number of carbonyl (C=O) groups is 2. The lowest BCUT2D eigenvalue weighted by Crippen LogP contribution is -2.36. The summed E-state index contributed by atoms with van der Waals surface area (Å²) in [5.74, 6) is -0.0186. The molecule has 1 atom stereocenters. The summed E-state index contributed by atoms with van der Waals surface area (Å²) < 4.78 is 5.08. The first kappa shape index (κ1) is 18.0. The zero-order chi connectivity index (χ0) is 19.3. The fraction of sp³-hybridized carbons (Fsp3) is 0.217. The van der Waals surface area contributed by atoms with E-state index >= 15 is 0 Å². The average Bonchev–Trinajstić information content (AvgIpc) is 3.41. The smallest absolute Gasteiger partial charge is 0.291 e. The molecule has 1 N–H and O–H groups in total. The maximum atomic E-state index is 13.0. The first-order valence-corrected chi connectivity index (χ1v) is 9.50. The lowest BCUT2D eigenvalue weighted by molar-refractivity contribution is 0.0736. The number of rotatable bonds is 5. The van der Waals surface area contributed by atoms with Gasteiger partial charge < -0.3 is 14.6 Å². The number of likely N-dealkylation sites (tertiary alicyclic amines) is 1. The Bertz CT molecular complexity index is 934. The normalized spacial score (nSPS) is 16.1. The summed E-state index contributed by atoms with van der Waals surface area (Å²) in [5.41, 5.74) is 2.51. The van der Waals surface area contributed by atoms with Crippen molar-refractivity contribution in [3.63, 3.8) is 0 Å². The number of furan rings is 1. The molecule has 3 aromatic rings. The highest BCUT2D eigenvalue weighted by Gasteiger charge is 2.29. The summed E-state index contributed by atoms with van der Waals surface area (Å²) in [6.07, 6.45) is 4.39. The minimum absolute atomic E-state index is 0.0438. The molecule has 1 aliphatic heterocycles. The van der Waals surface area contributed by atoms with Crippen LogP contribution in [0.1, 0.15) is 39.3 Å². The van der Waals surface area contributed by atoms with Gasteiger partial charge in [0.15, 0.2) is 5.76 Å². The Morgan fingerprint density at radius 3 is 2.50 bits per heavy atom. The van der Waals surface area contributed by atoms with Crippen LogP contribution in [0.4, 0.5) is 5.69 Å². The Balaban J connectivity index is 1.42.